The highest BCUT2D eigenvalue weighted by Gasteiger charge is 2.32. The van der Waals surface area contributed by atoms with E-state index in [2.05, 4.69) is 21.2 Å². The van der Waals surface area contributed by atoms with Crippen molar-refractivity contribution in [1.29, 1.82) is 0 Å². The van der Waals surface area contributed by atoms with Gasteiger partial charge in [-0.05, 0) is 55.0 Å². The highest BCUT2D eigenvalue weighted by molar-refractivity contribution is 9.10. The number of hydrogen-bond donors (Lipinski definition) is 1. The van der Waals surface area contributed by atoms with Gasteiger partial charge in [-0.25, -0.2) is 8.42 Å². The standard InChI is InChI=1S/C25H25BrClN3O4S/c1-18(25(32)28-2)29(16-19-11-13-21(27)14-12-19)24(31)17-30(22-8-6-7-20(26)15-22)35(33,34)23-9-4-3-5-10-23/h3-15,18H,16-17H2,1-2H3,(H,28,32). The molecule has 0 aliphatic heterocycles. The summed E-state index contributed by atoms with van der Waals surface area (Å²) in [5.74, 6) is -0.900. The van der Waals surface area contributed by atoms with Crippen molar-refractivity contribution in [3.05, 3.63) is 93.9 Å². The number of benzene rings is 3. The summed E-state index contributed by atoms with van der Waals surface area (Å²) in [6, 6.07) is 20.7. The molecule has 0 saturated carbocycles. The monoisotopic (exact) mass is 577 g/mol. The Kier molecular flexibility index (Phi) is 8.93. The summed E-state index contributed by atoms with van der Waals surface area (Å²) in [7, 11) is -2.60. The van der Waals surface area contributed by atoms with Gasteiger partial charge in [0.25, 0.3) is 10.0 Å². The van der Waals surface area contributed by atoms with Crippen LogP contribution in [0.4, 0.5) is 5.69 Å². The summed E-state index contributed by atoms with van der Waals surface area (Å²) in [6.45, 7) is 1.20. The van der Waals surface area contributed by atoms with E-state index >= 15 is 0 Å². The molecule has 0 aliphatic carbocycles. The van der Waals surface area contributed by atoms with Crippen molar-refractivity contribution in [1.82, 2.24) is 10.2 Å². The number of nitrogens with zero attached hydrogens (tertiary/aromatic N) is 2. The fourth-order valence-electron chi connectivity index (χ4n) is 3.46. The van der Waals surface area contributed by atoms with Gasteiger partial charge in [0, 0.05) is 23.1 Å². The van der Waals surface area contributed by atoms with Gasteiger partial charge >= 0.3 is 0 Å². The van der Waals surface area contributed by atoms with E-state index in [1.54, 1.807) is 73.7 Å². The molecule has 0 saturated heterocycles. The Hall–Kier alpha value is -2.88. The maximum atomic E-state index is 13.6. The third kappa shape index (κ3) is 6.62. The predicted molar refractivity (Wildman–Crippen MR) is 141 cm³/mol. The third-order valence-electron chi connectivity index (χ3n) is 5.39. The number of likely N-dealkylation sites (N-methyl/N-ethyl adjacent to an activating group) is 1. The van der Waals surface area contributed by atoms with Crippen molar-refractivity contribution in [2.75, 3.05) is 17.9 Å². The molecule has 0 heterocycles. The van der Waals surface area contributed by atoms with E-state index in [0.717, 1.165) is 9.87 Å². The molecule has 0 aromatic heterocycles. The van der Waals surface area contributed by atoms with Gasteiger partial charge in [-0.1, -0.05) is 63.9 Å². The van der Waals surface area contributed by atoms with Crippen molar-refractivity contribution in [3.8, 4) is 0 Å². The minimum absolute atomic E-state index is 0.0522. The minimum atomic E-state index is -4.08. The molecule has 0 radical (unpaired) electrons. The Morgan fingerprint density at radius 3 is 2.26 bits per heavy atom. The highest BCUT2D eigenvalue weighted by Crippen LogP contribution is 2.27. The smallest absolute Gasteiger partial charge is 0.264 e. The first kappa shape index (κ1) is 26.7. The number of rotatable bonds is 9. The van der Waals surface area contributed by atoms with Crippen LogP contribution in [0.5, 0.6) is 0 Å². The van der Waals surface area contributed by atoms with Crippen molar-refractivity contribution < 1.29 is 18.0 Å². The van der Waals surface area contributed by atoms with E-state index in [1.807, 2.05) is 0 Å². The number of halogens is 2. The maximum Gasteiger partial charge on any atom is 0.264 e. The predicted octanol–water partition coefficient (Wildman–Crippen LogP) is 4.46. The van der Waals surface area contributed by atoms with E-state index in [0.29, 0.717) is 15.2 Å². The minimum Gasteiger partial charge on any atom is -0.357 e. The molecule has 7 nitrogen and oxygen atoms in total. The summed E-state index contributed by atoms with van der Waals surface area (Å²) in [5, 5.41) is 3.09. The number of carbonyl (C=O) groups excluding carboxylic acids is 2. The fourth-order valence-corrected chi connectivity index (χ4v) is 5.40. The largest absolute Gasteiger partial charge is 0.357 e. The molecule has 0 bridgehead atoms. The summed E-state index contributed by atoms with van der Waals surface area (Å²) in [5.41, 5.74) is 1.06. The molecule has 3 rings (SSSR count). The average Bonchev–Trinajstić information content (AvgIpc) is 2.86. The maximum absolute atomic E-state index is 13.6. The van der Waals surface area contributed by atoms with Gasteiger partial charge in [0.2, 0.25) is 11.8 Å². The highest BCUT2D eigenvalue weighted by atomic mass is 79.9. The van der Waals surface area contributed by atoms with Crippen LogP contribution in [0.2, 0.25) is 5.02 Å². The number of carbonyl (C=O) groups is 2. The van der Waals surface area contributed by atoms with Crippen LogP contribution in [0.3, 0.4) is 0 Å². The molecule has 0 fully saturated rings. The van der Waals surface area contributed by atoms with Crippen LogP contribution < -0.4 is 9.62 Å². The van der Waals surface area contributed by atoms with E-state index in [4.69, 9.17) is 11.6 Å². The van der Waals surface area contributed by atoms with E-state index < -0.39 is 28.5 Å². The van der Waals surface area contributed by atoms with E-state index in [1.165, 1.54) is 24.1 Å². The summed E-state index contributed by atoms with van der Waals surface area (Å²) in [4.78, 5) is 27.5. The van der Waals surface area contributed by atoms with Crippen LogP contribution in [0.1, 0.15) is 12.5 Å². The van der Waals surface area contributed by atoms with Crippen LogP contribution in [0.15, 0.2) is 88.2 Å². The second kappa shape index (κ2) is 11.7. The average molecular weight is 579 g/mol. The Balaban J connectivity index is 2.01. The topological polar surface area (TPSA) is 86.8 Å². The van der Waals surface area contributed by atoms with Gasteiger partial charge in [-0.2, -0.15) is 0 Å². The molecule has 1 N–H and O–H groups in total. The van der Waals surface area contributed by atoms with Crippen molar-refractivity contribution in [2.45, 2.75) is 24.4 Å². The Labute approximate surface area is 218 Å². The van der Waals surface area contributed by atoms with Gasteiger partial charge in [-0.3, -0.25) is 13.9 Å². The third-order valence-corrected chi connectivity index (χ3v) is 7.92. The van der Waals surface area contributed by atoms with E-state index in [-0.39, 0.29) is 17.3 Å². The van der Waals surface area contributed by atoms with Gasteiger partial charge in [0.15, 0.2) is 0 Å². The zero-order chi connectivity index (χ0) is 25.6. The zero-order valence-electron chi connectivity index (χ0n) is 19.2. The Morgan fingerprint density at radius 1 is 1.00 bits per heavy atom. The first-order valence-corrected chi connectivity index (χ1v) is 13.3. The normalized spacial score (nSPS) is 12.0. The quantitative estimate of drug-likeness (QED) is 0.406. The van der Waals surface area contributed by atoms with Gasteiger partial charge in [0.1, 0.15) is 12.6 Å². The molecule has 3 aromatic rings. The molecule has 2 amide bonds. The van der Waals surface area contributed by atoms with Crippen LogP contribution in [0, 0.1) is 0 Å². The molecule has 1 unspecified atom stereocenters. The van der Waals surface area contributed by atoms with Crippen LogP contribution >= 0.6 is 27.5 Å². The molecular weight excluding hydrogens is 554 g/mol. The zero-order valence-corrected chi connectivity index (χ0v) is 22.3. The first-order valence-electron chi connectivity index (χ1n) is 10.7. The lowest BCUT2D eigenvalue weighted by Gasteiger charge is -2.31. The second-order valence-electron chi connectivity index (χ2n) is 7.74. The van der Waals surface area contributed by atoms with Crippen LogP contribution in [-0.4, -0.2) is 44.8 Å². The summed E-state index contributed by atoms with van der Waals surface area (Å²) < 4.78 is 28.9. The molecule has 10 heteroatoms. The van der Waals surface area contributed by atoms with Crippen molar-refractivity contribution in [2.24, 2.45) is 0 Å². The van der Waals surface area contributed by atoms with Crippen LogP contribution in [0.25, 0.3) is 0 Å². The summed E-state index contributed by atoms with van der Waals surface area (Å²) in [6.07, 6.45) is 0. The first-order chi connectivity index (χ1) is 16.6. The van der Waals surface area contributed by atoms with Crippen molar-refractivity contribution in [3.63, 3.8) is 0 Å². The molecule has 3 aromatic carbocycles. The fraction of sp³-hybridized carbons (Fsp3) is 0.200. The van der Waals surface area contributed by atoms with Gasteiger partial charge in [0.05, 0.1) is 10.6 Å². The van der Waals surface area contributed by atoms with Gasteiger partial charge < -0.3 is 10.2 Å². The molecule has 1 atom stereocenters. The number of hydrogen-bond acceptors (Lipinski definition) is 4. The van der Waals surface area contributed by atoms with E-state index in [9.17, 15) is 18.0 Å². The lowest BCUT2D eigenvalue weighted by Crippen LogP contribution is -2.50. The molecule has 0 aliphatic rings. The SMILES string of the molecule is CNC(=O)C(C)N(Cc1ccc(Cl)cc1)C(=O)CN(c1cccc(Br)c1)S(=O)(=O)c1ccccc1. The van der Waals surface area contributed by atoms with Gasteiger partial charge in [-0.15, -0.1) is 0 Å². The molecule has 184 valence electrons. The number of amides is 2. The Bertz CT molecular complexity index is 1290. The summed E-state index contributed by atoms with van der Waals surface area (Å²) >= 11 is 9.35. The molecule has 0 spiro atoms. The number of sulfonamides is 1. The van der Waals surface area contributed by atoms with Crippen LogP contribution in [-0.2, 0) is 26.2 Å². The number of nitrogens with one attached hydrogen (secondary N) is 1. The van der Waals surface area contributed by atoms with Crippen molar-refractivity contribution >= 4 is 55.1 Å². The Morgan fingerprint density at radius 2 is 1.66 bits per heavy atom. The lowest BCUT2D eigenvalue weighted by molar-refractivity contribution is -0.139. The molecule has 35 heavy (non-hydrogen) atoms. The molecular formula is C25H25BrClN3O4S. The number of anilines is 1. The lowest BCUT2D eigenvalue weighted by atomic mass is 10.1. The second-order valence-corrected chi connectivity index (χ2v) is 11.0.